The first-order valence-electron chi connectivity index (χ1n) is 7.73. The molecule has 2 heterocycles. The number of rotatable bonds is 2. The molecule has 2 N–H and O–H groups in total. The van der Waals surface area contributed by atoms with Crippen molar-refractivity contribution in [3.8, 4) is 5.69 Å². The molecule has 1 aliphatic heterocycles. The van der Waals surface area contributed by atoms with Crippen LogP contribution in [0.15, 0.2) is 30.3 Å². The van der Waals surface area contributed by atoms with E-state index in [1.807, 2.05) is 53.8 Å². The van der Waals surface area contributed by atoms with Gasteiger partial charge in [0.2, 0.25) is 0 Å². The highest BCUT2D eigenvalue weighted by atomic mass is 16.2. The van der Waals surface area contributed by atoms with Gasteiger partial charge in [0.25, 0.3) is 5.91 Å². The third-order valence-electron chi connectivity index (χ3n) is 4.11. The SMILES string of the molecule is Cc1cc(C)n(-c2ccc(C(=O)N3CCCC(N)C3)cc2)n1. The van der Waals surface area contributed by atoms with Gasteiger partial charge in [-0.25, -0.2) is 4.68 Å². The molecule has 3 rings (SSSR count). The molecule has 1 amide bonds. The molecule has 1 aromatic carbocycles. The maximum atomic E-state index is 12.5. The molecule has 1 aromatic heterocycles. The Labute approximate surface area is 130 Å². The predicted molar refractivity (Wildman–Crippen MR) is 86.2 cm³/mol. The highest BCUT2D eigenvalue weighted by molar-refractivity contribution is 5.94. The molecule has 1 saturated heterocycles. The standard InChI is InChI=1S/C17H22N4O/c1-12-10-13(2)21(19-12)16-7-5-14(6-8-16)17(22)20-9-3-4-15(18)11-20/h5-8,10,15H,3-4,9,11,18H2,1-2H3. The molecule has 0 radical (unpaired) electrons. The van der Waals surface area contributed by atoms with Crippen LogP contribution < -0.4 is 5.73 Å². The minimum Gasteiger partial charge on any atom is -0.337 e. The zero-order valence-corrected chi connectivity index (χ0v) is 13.1. The Bertz CT molecular complexity index is 674. The van der Waals surface area contributed by atoms with Crippen LogP contribution in [0.3, 0.4) is 0 Å². The Balaban J connectivity index is 1.79. The molecule has 1 fully saturated rings. The molecular weight excluding hydrogens is 276 g/mol. The van der Waals surface area contributed by atoms with Crippen molar-refractivity contribution >= 4 is 5.91 Å². The second-order valence-electron chi connectivity index (χ2n) is 6.04. The van der Waals surface area contributed by atoms with Crippen molar-refractivity contribution in [1.82, 2.24) is 14.7 Å². The summed E-state index contributed by atoms with van der Waals surface area (Å²) >= 11 is 0. The molecular formula is C17H22N4O. The first kappa shape index (κ1) is 14.8. The number of carbonyl (C=O) groups excluding carboxylic acids is 1. The molecule has 0 aliphatic carbocycles. The van der Waals surface area contributed by atoms with E-state index in [1.54, 1.807) is 0 Å². The third-order valence-corrected chi connectivity index (χ3v) is 4.11. The van der Waals surface area contributed by atoms with Crippen LogP contribution in [0.5, 0.6) is 0 Å². The molecule has 1 aliphatic rings. The maximum absolute atomic E-state index is 12.5. The Kier molecular flexibility index (Phi) is 3.98. The minimum absolute atomic E-state index is 0.0649. The highest BCUT2D eigenvalue weighted by Gasteiger charge is 2.22. The summed E-state index contributed by atoms with van der Waals surface area (Å²) < 4.78 is 1.89. The van der Waals surface area contributed by atoms with E-state index in [4.69, 9.17) is 5.73 Å². The molecule has 5 nitrogen and oxygen atoms in total. The Morgan fingerprint density at radius 3 is 2.59 bits per heavy atom. The Morgan fingerprint density at radius 1 is 1.27 bits per heavy atom. The predicted octanol–water partition coefficient (Wildman–Crippen LogP) is 2.05. The minimum atomic E-state index is 0.0649. The van der Waals surface area contributed by atoms with Crippen molar-refractivity contribution in [1.29, 1.82) is 0 Å². The number of hydrogen-bond donors (Lipinski definition) is 1. The lowest BCUT2D eigenvalue weighted by molar-refractivity contribution is 0.0709. The highest BCUT2D eigenvalue weighted by Crippen LogP contribution is 2.16. The van der Waals surface area contributed by atoms with Gasteiger partial charge >= 0.3 is 0 Å². The molecule has 1 atom stereocenters. The number of benzene rings is 1. The van der Waals surface area contributed by atoms with Crippen molar-refractivity contribution in [3.63, 3.8) is 0 Å². The van der Waals surface area contributed by atoms with Gasteiger partial charge in [-0.15, -0.1) is 0 Å². The largest absolute Gasteiger partial charge is 0.337 e. The summed E-state index contributed by atoms with van der Waals surface area (Å²) in [5, 5.41) is 4.46. The van der Waals surface area contributed by atoms with Gasteiger partial charge in [0.15, 0.2) is 0 Å². The first-order chi connectivity index (χ1) is 10.5. The van der Waals surface area contributed by atoms with Crippen LogP contribution >= 0.6 is 0 Å². The van der Waals surface area contributed by atoms with Gasteiger partial charge < -0.3 is 10.6 Å². The van der Waals surface area contributed by atoms with E-state index in [-0.39, 0.29) is 11.9 Å². The van der Waals surface area contributed by atoms with Gasteiger partial charge in [0.1, 0.15) is 0 Å². The second-order valence-corrected chi connectivity index (χ2v) is 6.04. The fraction of sp³-hybridized carbons (Fsp3) is 0.412. The molecule has 0 spiro atoms. The summed E-state index contributed by atoms with van der Waals surface area (Å²) in [7, 11) is 0. The van der Waals surface area contributed by atoms with Crippen LogP contribution in [0.2, 0.25) is 0 Å². The van der Waals surface area contributed by atoms with Crippen molar-refractivity contribution < 1.29 is 4.79 Å². The molecule has 22 heavy (non-hydrogen) atoms. The summed E-state index contributed by atoms with van der Waals surface area (Å²) in [5.74, 6) is 0.0649. The average molecular weight is 298 g/mol. The summed E-state index contributed by atoms with van der Waals surface area (Å²) in [6.07, 6.45) is 1.98. The molecule has 0 bridgehead atoms. The average Bonchev–Trinajstić information content (AvgIpc) is 2.85. The van der Waals surface area contributed by atoms with Gasteiger partial charge in [-0.1, -0.05) is 0 Å². The normalized spacial score (nSPS) is 18.5. The van der Waals surface area contributed by atoms with E-state index in [0.29, 0.717) is 12.1 Å². The monoisotopic (exact) mass is 298 g/mol. The lowest BCUT2D eigenvalue weighted by Crippen LogP contribution is -2.45. The third kappa shape index (κ3) is 2.90. The van der Waals surface area contributed by atoms with Crippen molar-refractivity contribution in [2.75, 3.05) is 13.1 Å². The number of carbonyl (C=O) groups is 1. The number of amides is 1. The van der Waals surface area contributed by atoms with Crippen LogP contribution in [-0.4, -0.2) is 39.7 Å². The molecule has 116 valence electrons. The fourth-order valence-electron chi connectivity index (χ4n) is 3.01. The number of aryl methyl sites for hydroxylation is 2. The maximum Gasteiger partial charge on any atom is 0.253 e. The number of piperidine rings is 1. The summed E-state index contributed by atoms with van der Waals surface area (Å²) in [5.41, 5.74) is 9.70. The van der Waals surface area contributed by atoms with E-state index < -0.39 is 0 Å². The van der Waals surface area contributed by atoms with Crippen LogP contribution in [0.1, 0.15) is 34.6 Å². The van der Waals surface area contributed by atoms with Crippen LogP contribution in [0.25, 0.3) is 5.69 Å². The van der Waals surface area contributed by atoms with Crippen LogP contribution in [0, 0.1) is 13.8 Å². The topological polar surface area (TPSA) is 64.2 Å². The van der Waals surface area contributed by atoms with Gasteiger partial charge in [-0.2, -0.15) is 5.10 Å². The van der Waals surface area contributed by atoms with Gasteiger partial charge in [0, 0.05) is 30.4 Å². The smallest absolute Gasteiger partial charge is 0.253 e. The quantitative estimate of drug-likeness (QED) is 0.923. The van der Waals surface area contributed by atoms with Gasteiger partial charge in [-0.3, -0.25) is 4.79 Å². The van der Waals surface area contributed by atoms with Crippen LogP contribution in [0.4, 0.5) is 0 Å². The number of likely N-dealkylation sites (tertiary alicyclic amines) is 1. The summed E-state index contributed by atoms with van der Waals surface area (Å²) in [4.78, 5) is 14.4. The zero-order valence-electron chi connectivity index (χ0n) is 13.1. The molecule has 2 aromatic rings. The molecule has 0 saturated carbocycles. The number of hydrogen-bond acceptors (Lipinski definition) is 3. The lowest BCUT2D eigenvalue weighted by Gasteiger charge is -2.30. The Morgan fingerprint density at radius 2 is 2.00 bits per heavy atom. The van der Waals surface area contributed by atoms with Crippen molar-refractivity contribution in [2.24, 2.45) is 5.73 Å². The van der Waals surface area contributed by atoms with Gasteiger partial charge in [0.05, 0.1) is 11.4 Å². The fourth-order valence-corrected chi connectivity index (χ4v) is 3.01. The zero-order chi connectivity index (χ0) is 15.7. The second kappa shape index (κ2) is 5.93. The summed E-state index contributed by atoms with van der Waals surface area (Å²) in [6.45, 7) is 5.44. The van der Waals surface area contributed by atoms with Gasteiger partial charge in [-0.05, 0) is 57.0 Å². The van der Waals surface area contributed by atoms with E-state index >= 15 is 0 Å². The molecule has 1 unspecified atom stereocenters. The molecule has 5 heteroatoms. The number of nitrogens with zero attached hydrogens (tertiary/aromatic N) is 3. The van der Waals surface area contributed by atoms with Crippen LogP contribution in [-0.2, 0) is 0 Å². The van der Waals surface area contributed by atoms with E-state index in [9.17, 15) is 4.79 Å². The number of nitrogens with two attached hydrogens (primary N) is 1. The number of aromatic nitrogens is 2. The first-order valence-corrected chi connectivity index (χ1v) is 7.73. The van der Waals surface area contributed by atoms with E-state index in [2.05, 4.69) is 5.10 Å². The lowest BCUT2D eigenvalue weighted by atomic mass is 10.1. The Hall–Kier alpha value is -2.14. The van der Waals surface area contributed by atoms with E-state index in [0.717, 1.165) is 36.5 Å². The van der Waals surface area contributed by atoms with E-state index in [1.165, 1.54) is 0 Å². The summed E-state index contributed by atoms with van der Waals surface area (Å²) in [6, 6.07) is 9.76. The van der Waals surface area contributed by atoms with Crippen molar-refractivity contribution in [3.05, 3.63) is 47.3 Å². The van der Waals surface area contributed by atoms with Crippen molar-refractivity contribution in [2.45, 2.75) is 32.7 Å².